The third-order valence-electron chi connectivity index (χ3n) is 2.92. The van der Waals surface area contributed by atoms with Crippen LogP contribution in [0.1, 0.15) is 12.0 Å². The van der Waals surface area contributed by atoms with Crippen molar-refractivity contribution in [3.63, 3.8) is 0 Å². The summed E-state index contributed by atoms with van der Waals surface area (Å²) in [6.07, 6.45) is 2.41. The fourth-order valence-electron chi connectivity index (χ4n) is 1.94. The summed E-state index contributed by atoms with van der Waals surface area (Å²) in [6.45, 7) is 0.324. The van der Waals surface area contributed by atoms with Crippen LogP contribution < -0.4 is 10.6 Å². The first-order valence-electron chi connectivity index (χ1n) is 5.37. The van der Waals surface area contributed by atoms with E-state index in [4.69, 9.17) is 5.73 Å². The molecule has 0 radical (unpaired) electrons. The molecule has 3 nitrogen and oxygen atoms in total. The van der Waals surface area contributed by atoms with Gasteiger partial charge in [-0.3, -0.25) is 0 Å². The summed E-state index contributed by atoms with van der Waals surface area (Å²) in [5.74, 6) is 2.79. The van der Waals surface area contributed by atoms with Gasteiger partial charge in [-0.25, -0.2) is 9.37 Å². The van der Waals surface area contributed by atoms with E-state index in [-0.39, 0.29) is 5.82 Å². The highest BCUT2D eigenvalue weighted by molar-refractivity contribution is 7.99. The molecular formula is C11H16FN3S. The highest BCUT2D eigenvalue weighted by Crippen LogP contribution is 2.26. The fourth-order valence-corrected chi connectivity index (χ4v) is 3.21. The van der Waals surface area contributed by atoms with E-state index in [1.54, 1.807) is 0 Å². The number of hydrogen-bond donors (Lipinski definition) is 1. The van der Waals surface area contributed by atoms with Crippen molar-refractivity contribution in [1.82, 2.24) is 4.98 Å². The molecule has 1 saturated heterocycles. The molecule has 1 aromatic heterocycles. The zero-order valence-electron chi connectivity index (χ0n) is 9.32. The van der Waals surface area contributed by atoms with Crippen molar-refractivity contribution in [2.75, 3.05) is 23.5 Å². The number of anilines is 1. The van der Waals surface area contributed by atoms with Crippen molar-refractivity contribution in [2.45, 2.75) is 19.0 Å². The van der Waals surface area contributed by atoms with Crippen LogP contribution in [0.3, 0.4) is 0 Å². The van der Waals surface area contributed by atoms with Crippen molar-refractivity contribution >= 4 is 17.6 Å². The number of pyridine rings is 1. The van der Waals surface area contributed by atoms with Gasteiger partial charge in [0.1, 0.15) is 11.6 Å². The first-order chi connectivity index (χ1) is 7.72. The Kier molecular flexibility index (Phi) is 3.66. The molecule has 1 aliphatic rings. The lowest BCUT2D eigenvalue weighted by Gasteiger charge is -2.26. The second-order valence-electron chi connectivity index (χ2n) is 3.97. The zero-order chi connectivity index (χ0) is 11.5. The van der Waals surface area contributed by atoms with Gasteiger partial charge < -0.3 is 10.6 Å². The number of nitrogens with zero attached hydrogens (tertiary/aromatic N) is 2. The van der Waals surface area contributed by atoms with Crippen molar-refractivity contribution in [2.24, 2.45) is 5.73 Å². The van der Waals surface area contributed by atoms with Gasteiger partial charge in [-0.05, 0) is 18.2 Å². The number of rotatable bonds is 3. The molecule has 2 heterocycles. The lowest BCUT2D eigenvalue weighted by Crippen LogP contribution is -2.33. The van der Waals surface area contributed by atoms with Gasteiger partial charge in [0.15, 0.2) is 0 Å². The van der Waals surface area contributed by atoms with Crippen LogP contribution in [0.5, 0.6) is 0 Å². The third kappa shape index (κ3) is 2.30. The minimum atomic E-state index is -0.321. The van der Waals surface area contributed by atoms with Crippen LogP contribution in [0.25, 0.3) is 0 Å². The van der Waals surface area contributed by atoms with Gasteiger partial charge in [0.05, 0.1) is 6.20 Å². The Morgan fingerprint density at radius 2 is 2.50 bits per heavy atom. The van der Waals surface area contributed by atoms with E-state index < -0.39 is 0 Å². The summed E-state index contributed by atoms with van der Waals surface area (Å²) in [7, 11) is 2.01. The Hall–Kier alpha value is -0.810. The average Bonchev–Trinajstić information content (AvgIpc) is 2.81. The predicted molar refractivity (Wildman–Crippen MR) is 66.2 cm³/mol. The third-order valence-corrected chi connectivity index (χ3v) is 4.06. The molecule has 0 aliphatic carbocycles. The standard InChI is InChI=1S/C11H16FN3S/c1-15(10-2-3-16-7-10)11-8(5-13)4-9(12)6-14-11/h4,6,10H,2-3,5,7,13H2,1H3. The van der Waals surface area contributed by atoms with E-state index in [9.17, 15) is 4.39 Å². The molecule has 1 aliphatic heterocycles. The Morgan fingerprint density at radius 3 is 3.12 bits per heavy atom. The zero-order valence-corrected chi connectivity index (χ0v) is 10.1. The van der Waals surface area contributed by atoms with Gasteiger partial charge in [0, 0.05) is 31.0 Å². The van der Waals surface area contributed by atoms with Crippen LogP contribution in [0, 0.1) is 5.82 Å². The van der Waals surface area contributed by atoms with Gasteiger partial charge in [0.25, 0.3) is 0 Å². The highest BCUT2D eigenvalue weighted by atomic mass is 32.2. The second kappa shape index (κ2) is 5.01. The van der Waals surface area contributed by atoms with E-state index in [1.165, 1.54) is 18.0 Å². The second-order valence-corrected chi connectivity index (χ2v) is 5.12. The summed E-state index contributed by atoms with van der Waals surface area (Å²) < 4.78 is 13.0. The molecule has 2 N–H and O–H groups in total. The van der Waals surface area contributed by atoms with Crippen molar-refractivity contribution < 1.29 is 4.39 Å². The summed E-state index contributed by atoms with van der Waals surface area (Å²) in [5, 5.41) is 0. The maximum absolute atomic E-state index is 13.0. The Labute approximate surface area is 99.2 Å². The molecule has 2 rings (SSSR count). The molecule has 1 unspecified atom stereocenters. The maximum Gasteiger partial charge on any atom is 0.141 e. The van der Waals surface area contributed by atoms with Crippen molar-refractivity contribution in [3.05, 3.63) is 23.6 Å². The number of halogens is 1. The van der Waals surface area contributed by atoms with Gasteiger partial charge in [-0.15, -0.1) is 0 Å². The van der Waals surface area contributed by atoms with E-state index in [1.807, 2.05) is 18.8 Å². The molecule has 0 bridgehead atoms. The monoisotopic (exact) mass is 241 g/mol. The van der Waals surface area contributed by atoms with E-state index in [0.29, 0.717) is 12.6 Å². The predicted octanol–water partition coefficient (Wildman–Crippen LogP) is 1.62. The smallest absolute Gasteiger partial charge is 0.141 e. The first kappa shape index (κ1) is 11.7. The fraction of sp³-hybridized carbons (Fsp3) is 0.545. The molecule has 16 heavy (non-hydrogen) atoms. The van der Waals surface area contributed by atoms with Crippen LogP contribution >= 0.6 is 11.8 Å². The minimum absolute atomic E-state index is 0.321. The number of nitrogens with two attached hydrogens (primary N) is 1. The summed E-state index contributed by atoms with van der Waals surface area (Å²) in [4.78, 5) is 6.28. The summed E-state index contributed by atoms with van der Waals surface area (Å²) in [6, 6.07) is 1.97. The number of thioether (sulfide) groups is 1. The molecule has 0 saturated carbocycles. The topological polar surface area (TPSA) is 42.2 Å². The van der Waals surface area contributed by atoms with Crippen LogP contribution in [-0.2, 0) is 6.54 Å². The van der Waals surface area contributed by atoms with Gasteiger partial charge >= 0.3 is 0 Å². The Bertz CT molecular complexity index is 366. The summed E-state index contributed by atoms with van der Waals surface area (Å²) >= 11 is 1.95. The average molecular weight is 241 g/mol. The van der Waals surface area contributed by atoms with Crippen LogP contribution in [-0.4, -0.2) is 29.6 Å². The number of hydrogen-bond acceptors (Lipinski definition) is 4. The molecular weight excluding hydrogens is 225 g/mol. The van der Waals surface area contributed by atoms with Crippen LogP contribution in [0.4, 0.5) is 10.2 Å². The quantitative estimate of drug-likeness (QED) is 0.873. The number of aromatic nitrogens is 1. The largest absolute Gasteiger partial charge is 0.356 e. The van der Waals surface area contributed by atoms with Crippen LogP contribution in [0.2, 0.25) is 0 Å². The molecule has 88 valence electrons. The normalized spacial score (nSPS) is 20.1. The molecule has 1 aromatic rings. The molecule has 1 atom stereocenters. The highest BCUT2D eigenvalue weighted by Gasteiger charge is 2.22. The van der Waals surface area contributed by atoms with Crippen molar-refractivity contribution in [1.29, 1.82) is 0 Å². The SMILES string of the molecule is CN(c1ncc(F)cc1CN)C1CCSC1. The molecule has 0 amide bonds. The lowest BCUT2D eigenvalue weighted by atomic mass is 10.2. The summed E-state index contributed by atoms with van der Waals surface area (Å²) in [5.41, 5.74) is 6.39. The lowest BCUT2D eigenvalue weighted by molar-refractivity contribution is 0.614. The molecule has 0 aromatic carbocycles. The van der Waals surface area contributed by atoms with Gasteiger partial charge in [-0.2, -0.15) is 11.8 Å². The van der Waals surface area contributed by atoms with Gasteiger partial charge in [-0.1, -0.05) is 0 Å². The van der Waals surface area contributed by atoms with E-state index in [0.717, 1.165) is 23.6 Å². The van der Waals surface area contributed by atoms with Crippen LogP contribution in [0.15, 0.2) is 12.3 Å². The molecule has 5 heteroatoms. The van der Waals surface area contributed by atoms with Gasteiger partial charge in [0.2, 0.25) is 0 Å². The minimum Gasteiger partial charge on any atom is -0.356 e. The Morgan fingerprint density at radius 1 is 1.69 bits per heavy atom. The molecule has 0 spiro atoms. The van der Waals surface area contributed by atoms with E-state index >= 15 is 0 Å². The van der Waals surface area contributed by atoms with E-state index in [2.05, 4.69) is 9.88 Å². The first-order valence-corrected chi connectivity index (χ1v) is 6.53. The molecule has 1 fully saturated rings. The Balaban J connectivity index is 2.24. The maximum atomic E-state index is 13.0. The van der Waals surface area contributed by atoms with Crippen molar-refractivity contribution in [3.8, 4) is 0 Å².